The molecular formula is C14H14BFO3. The maximum atomic E-state index is 14.1. The molecule has 0 spiro atoms. The van der Waals surface area contributed by atoms with Crippen molar-refractivity contribution in [2.45, 2.75) is 6.92 Å². The van der Waals surface area contributed by atoms with Gasteiger partial charge in [0.25, 0.3) is 0 Å². The van der Waals surface area contributed by atoms with Crippen molar-refractivity contribution in [2.75, 3.05) is 7.11 Å². The van der Waals surface area contributed by atoms with Gasteiger partial charge in [-0.05, 0) is 24.1 Å². The molecule has 0 bridgehead atoms. The highest BCUT2D eigenvalue weighted by Gasteiger charge is 2.21. The lowest BCUT2D eigenvalue weighted by atomic mass is 9.78. The van der Waals surface area contributed by atoms with Crippen molar-refractivity contribution in [3.63, 3.8) is 0 Å². The summed E-state index contributed by atoms with van der Waals surface area (Å²) in [5.41, 5.74) is 2.08. The Morgan fingerprint density at radius 3 is 2.37 bits per heavy atom. The highest BCUT2D eigenvalue weighted by molar-refractivity contribution is 6.59. The first-order valence-corrected chi connectivity index (χ1v) is 5.84. The molecule has 0 saturated heterocycles. The minimum absolute atomic E-state index is 0.116. The number of rotatable bonds is 3. The summed E-state index contributed by atoms with van der Waals surface area (Å²) in [6.07, 6.45) is 0. The number of benzene rings is 2. The average Bonchev–Trinajstić information content (AvgIpc) is 2.39. The van der Waals surface area contributed by atoms with E-state index in [9.17, 15) is 14.4 Å². The summed E-state index contributed by atoms with van der Waals surface area (Å²) in [6.45, 7) is 1.87. The lowest BCUT2D eigenvalue weighted by Gasteiger charge is -2.13. The third-order valence-electron chi connectivity index (χ3n) is 3.03. The molecule has 2 aromatic carbocycles. The van der Waals surface area contributed by atoms with Gasteiger partial charge in [-0.3, -0.25) is 0 Å². The standard InChI is InChI=1S/C14H14BFO3/c1-9-5-3-4-6-10(9)11-7-12(15(17)18)14(19-2)8-13(11)16/h3-8,17-18H,1-2H3. The van der Waals surface area contributed by atoms with Gasteiger partial charge in [0, 0.05) is 17.1 Å². The van der Waals surface area contributed by atoms with Crippen molar-refractivity contribution in [3.05, 3.63) is 47.8 Å². The molecule has 0 aromatic heterocycles. The maximum Gasteiger partial charge on any atom is 0.492 e. The predicted molar refractivity (Wildman–Crippen MR) is 73.0 cm³/mol. The van der Waals surface area contributed by atoms with Crippen molar-refractivity contribution in [1.29, 1.82) is 0 Å². The second kappa shape index (κ2) is 5.42. The first-order valence-electron chi connectivity index (χ1n) is 5.84. The van der Waals surface area contributed by atoms with Crippen LogP contribution in [0.15, 0.2) is 36.4 Å². The summed E-state index contributed by atoms with van der Waals surface area (Å²) in [4.78, 5) is 0. The van der Waals surface area contributed by atoms with Crippen LogP contribution < -0.4 is 10.2 Å². The molecule has 19 heavy (non-hydrogen) atoms. The van der Waals surface area contributed by atoms with Gasteiger partial charge in [-0.2, -0.15) is 0 Å². The van der Waals surface area contributed by atoms with Gasteiger partial charge in [-0.25, -0.2) is 4.39 Å². The number of hydrogen-bond acceptors (Lipinski definition) is 3. The third-order valence-corrected chi connectivity index (χ3v) is 3.03. The Balaban J connectivity index is 2.65. The van der Waals surface area contributed by atoms with E-state index in [1.807, 2.05) is 19.1 Å². The zero-order valence-corrected chi connectivity index (χ0v) is 10.7. The number of methoxy groups -OCH3 is 1. The van der Waals surface area contributed by atoms with Gasteiger partial charge in [-0.15, -0.1) is 0 Å². The van der Waals surface area contributed by atoms with Crippen molar-refractivity contribution in [2.24, 2.45) is 0 Å². The summed E-state index contributed by atoms with van der Waals surface area (Å²) in [7, 11) is -0.355. The molecular weight excluding hydrogens is 246 g/mol. The lowest BCUT2D eigenvalue weighted by Crippen LogP contribution is -2.31. The van der Waals surface area contributed by atoms with E-state index >= 15 is 0 Å². The molecule has 2 N–H and O–H groups in total. The van der Waals surface area contributed by atoms with E-state index in [4.69, 9.17) is 4.74 Å². The van der Waals surface area contributed by atoms with Gasteiger partial charge in [-0.1, -0.05) is 24.3 Å². The fourth-order valence-electron chi connectivity index (χ4n) is 2.03. The van der Waals surface area contributed by atoms with Gasteiger partial charge in [0.05, 0.1) is 7.11 Å². The van der Waals surface area contributed by atoms with Crippen molar-refractivity contribution >= 4 is 12.6 Å². The minimum atomic E-state index is -1.71. The van der Waals surface area contributed by atoms with Crippen LogP contribution >= 0.6 is 0 Å². The van der Waals surface area contributed by atoms with Gasteiger partial charge in [0.2, 0.25) is 0 Å². The molecule has 0 fully saturated rings. The normalized spacial score (nSPS) is 10.4. The van der Waals surface area contributed by atoms with E-state index in [2.05, 4.69) is 0 Å². The van der Waals surface area contributed by atoms with Gasteiger partial charge in [0.15, 0.2) is 0 Å². The Hall–Kier alpha value is -1.85. The SMILES string of the molecule is COc1cc(F)c(-c2ccccc2C)cc1B(O)O. The average molecular weight is 260 g/mol. The van der Waals surface area contributed by atoms with Crippen LogP contribution in [0.3, 0.4) is 0 Å². The predicted octanol–water partition coefficient (Wildman–Crippen LogP) is 1.49. The molecule has 0 saturated carbocycles. The van der Waals surface area contributed by atoms with Gasteiger partial charge >= 0.3 is 7.12 Å². The molecule has 98 valence electrons. The summed E-state index contributed by atoms with van der Waals surface area (Å²) in [5, 5.41) is 18.6. The molecule has 0 aliphatic rings. The third kappa shape index (κ3) is 2.62. The van der Waals surface area contributed by atoms with Crippen LogP contribution in [-0.4, -0.2) is 24.3 Å². The molecule has 0 aliphatic heterocycles. The molecule has 5 heteroatoms. The van der Waals surface area contributed by atoms with Crippen LogP contribution in [0.4, 0.5) is 4.39 Å². The lowest BCUT2D eigenvalue weighted by molar-refractivity contribution is 0.401. The van der Waals surface area contributed by atoms with Crippen LogP contribution in [-0.2, 0) is 0 Å². The zero-order chi connectivity index (χ0) is 14.0. The fraction of sp³-hybridized carbons (Fsp3) is 0.143. The Kier molecular flexibility index (Phi) is 3.88. The second-order valence-corrected chi connectivity index (χ2v) is 4.26. The smallest absolute Gasteiger partial charge is 0.492 e. The first-order chi connectivity index (χ1) is 9.04. The van der Waals surface area contributed by atoms with E-state index in [0.29, 0.717) is 11.1 Å². The van der Waals surface area contributed by atoms with Gasteiger partial charge < -0.3 is 14.8 Å². The van der Waals surface area contributed by atoms with Gasteiger partial charge in [0.1, 0.15) is 11.6 Å². The number of aryl methyl sites for hydroxylation is 1. The Morgan fingerprint density at radius 2 is 1.79 bits per heavy atom. The number of halogens is 1. The number of hydrogen-bond donors (Lipinski definition) is 2. The molecule has 2 aromatic rings. The summed E-state index contributed by atoms with van der Waals surface area (Å²) < 4.78 is 19.1. The molecule has 0 heterocycles. The molecule has 2 rings (SSSR count). The molecule has 0 aliphatic carbocycles. The summed E-state index contributed by atoms with van der Waals surface area (Å²) in [5.74, 6) is -0.347. The first kappa shape index (κ1) is 13.6. The minimum Gasteiger partial charge on any atom is -0.497 e. The highest BCUT2D eigenvalue weighted by atomic mass is 19.1. The van der Waals surface area contributed by atoms with Crippen LogP contribution in [0.1, 0.15) is 5.56 Å². The largest absolute Gasteiger partial charge is 0.497 e. The topological polar surface area (TPSA) is 49.7 Å². The van der Waals surface area contributed by atoms with Crippen molar-refractivity contribution < 1.29 is 19.2 Å². The summed E-state index contributed by atoms with van der Waals surface area (Å²) >= 11 is 0. The van der Waals surface area contributed by atoms with Crippen LogP contribution in [0, 0.1) is 12.7 Å². The highest BCUT2D eigenvalue weighted by Crippen LogP contribution is 2.27. The van der Waals surface area contributed by atoms with Crippen LogP contribution in [0.5, 0.6) is 5.75 Å². The number of ether oxygens (including phenoxy) is 1. The summed E-state index contributed by atoms with van der Waals surface area (Å²) in [6, 6.07) is 9.89. The quantitative estimate of drug-likeness (QED) is 0.822. The van der Waals surface area contributed by atoms with E-state index in [0.717, 1.165) is 11.6 Å². The fourth-order valence-corrected chi connectivity index (χ4v) is 2.03. The maximum absolute atomic E-state index is 14.1. The zero-order valence-electron chi connectivity index (χ0n) is 10.7. The molecule has 0 unspecified atom stereocenters. The Labute approximate surface area is 111 Å². The van der Waals surface area contributed by atoms with E-state index in [-0.39, 0.29) is 11.2 Å². The Morgan fingerprint density at radius 1 is 1.11 bits per heavy atom. The molecule has 0 atom stereocenters. The van der Waals surface area contributed by atoms with Crippen LogP contribution in [0.25, 0.3) is 11.1 Å². The molecule has 0 amide bonds. The molecule has 3 nitrogen and oxygen atoms in total. The molecule has 0 radical (unpaired) electrons. The van der Waals surface area contributed by atoms with Crippen molar-refractivity contribution in [1.82, 2.24) is 0 Å². The van der Waals surface area contributed by atoms with E-state index < -0.39 is 12.9 Å². The van der Waals surface area contributed by atoms with Crippen molar-refractivity contribution in [3.8, 4) is 16.9 Å². The monoisotopic (exact) mass is 260 g/mol. The Bertz CT molecular complexity index is 599. The second-order valence-electron chi connectivity index (χ2n) is 4.26. The van der Waals surface area contributed by atoms with E-state index in [1.54, 1.807) is 12.1 Å². The van der Waals surface area contributed by atoms with E-state index in [1.165, 1.54) is 13.2 Å². The van der Waals surface area contributed by atoms with Crippen LogP contribution in [0.2, 0.25) is 0 Å².